The number of unbranched alkanes of at least 4 members (excludes halogenated alkanes) is 2. The highest BCUT2D eigenvalue weighted by Gasteiger charge is 2.37. The Bertz CT molecular complexity index is 418. The van der Waals surface area contributed by atoms with Crippen molar-refractivity contribution >= 4 is 18.2 Å². The van der Waals surface area contributed by atoms with Crippen molar-refractivity contribution in [3.05, 3.63) is 0 Å². The molecule has 0 radical (unpaired) electrons. The van der Waals surface area contributed by atoms with Crippen molar-refractivity contribution in [1.82, 2.24) is 10.2 Å². The highest BCUT2D eigenvalue weighted by molar-refractivity contribution is 5.83. The quantitative estimate of drug-likeness (QED) is 0.573. The maximum Gasteiger partial charge on any atom is 0.410 e. The van der Waals surface area contributed by atoms with Gasteiger partial charge in [-0.25, -0.2) is 14.4 Å². The Morgan fingerprint density at radius 2 is 2.05 bits per heavy atom. The third-order valence-electron chi connectivity index (χ3n) is 3.06. The molecule has 126 valence electrons. The molecule has 1 aliphatic rings. The van der Waals surface area contributed by atoms with E-state index in [0.717, 1.165) is 17.7 Å². The van der Waals surface area contributed by atoms with Crippen LogP contribution in [0.2, 0.25) is 0 Å². The van der Waals surface area contributed by atoms with Gasteiger partial charge < -0.3 is 19.9 Å². The summed E-state index contributed by atoms with van der Waals surface area (Å²) in [6.45, 7) is 5.66. The standard InChI is InChI=1S/C14H24N2O6/c1-14(2,3)22-12(18)15-8-6-4-5-7-10-11(17)21-9-16(10)13(19)20/h10H,4-9H2,1-3H3,(H,15,18)(H,19,20). The highest BCUT2D eigenvalue weighted by atomic mass is 16.6. The van der Waals surface area contributed by atoms with Crippen LogP contribution in [0.5, 0.6) is 0 Å². The summed E-state index contributed by atoms with van der Waals surface area (Å²) in [6.07, 6.45) is 1.00. The van der Waals surface area contributed by atoms with Crippen molar-refractivity contribution in [3.63, 3.8) is 0 Å². The summed E-state index contributed by atoms with van der Waals surface area (Å²) in [6, 6.07) is -0.712. The molecular formula is C14H24N2O6. The van der Waals surface area contributed by atoms with Crippen LogP contribution in [0, 0.1) is 0 Å². The molecule has 0 saturated carbocycles. The number of nitrogens with zero attached hydrogens (tertiary/aromatic N) is 1. The summed E-state index contributed by atoms with van der Waals surface area (Å²) >= 11 is 0. The molecule has 0 bridgehead atoms. The van der Waals surface area contributed by atoms with Crippen molar-refractivity contribution in [2.75, 3.05) is 13.3 Å². The third kappa shape index (κ3) is 6.19. The Hall–Kier alpha value is -1.99. The van der Waals surface area contributed by atoms with Crippen LogP contribution >= 0.6 is 0 Å². The molecule has 1 aliphatic heterocycles. The molecule has 1 heterocycles. The number of cyclic esters (lactones) is 1. The maximum atomic E-state index is 11.4. The lowest BCUT2D eigenvalue weighted by Crippen LogP contribution is -2.37. The lowest BCUT2D eigenvalue weighted by molar-refractivity contribution is -0.139. The molecule has 1 saturated heterocycles. The van der Waals surface area contributed by atoms with Gasteiger partial charge in [-0.15, -0.1) is 0 Å². The van der Waals surface area contributed by atoms with Gasteiger partial charge in [0.2, 0.25) is 0 Å². The first kappa shape index (κ1) is 18.1. The van der Waals surface area contributed by atoms with Gasteiger partial charge in [0, 0.05) is 6.54 Å². The van der Waals surface area contributed by atoms with Gasteiger partial charge in [-0.1, -0.05) is 12.8 Å². The summed E-state index contributed by atoms with van der Waals surface area (Å²) in [4.78, 5) is 34.7. The van der Waals surface area contributed by atoms with Crippen LogP contribution in [0.1, 0.15) is 46.5 Å². The second kappa shape index (κ2) is 7.86. The number of rotatable bonds is 6. The zero-order chi connectivity index (χ0) is 16.8. The van der Waals surface area contributed by atoms with Gasteiger partial charge in [0.15, 0.2) is 6.73 Å². The molecule has 1 unspecified atom stereocenters. The number of hydrogen-bond donors (Lipinski definition) is 2. The molecule has 8 nitrogen and oxygen atoms in total. The Morgan fingerprint density at radius 1 is 1.36 bits per heavy atom. The second-order valence-corrected chi connectivity index (χ2v) is 6.14. The predicted molar refractivity (Wildman–Crippen MR) is 77.3 cm³/mol. The monoisotopic (exact) mass is 316 g/mol. The molecule has 2 amide bonds. The fourth-order valence-electron chi connectivity index (χ4n) is 2.05. The van der Waals surface area contributed by atoms with E-state index < -0.39 is 29.8 Å². The van der Waals surface area contributed by atoms with E-state index in [1.54, 1.807) is 20.8 Å². The van der Waals surface area contributed by atoms with Gasteiger partial charge in [-0.3, -0.25) is 4.90 Å². The number of hydrogen-bond acceptors (Lipinski definition) is 5. The van der Waals surface area contributed by atoms with Gasteiger partial charge in [0.1, 0.15) is 11.6 Å². The number of carboxylic acid groups (broad SMARTS) is 1. The van der Waals surface area contributed by atoms with Crippen molar-refractivity contribution in [2.24, 2.45) is 0 Å². The van der Waals surface area contributed by atoms with Crippen LogP contribution in [-0.4, -0.2) is 53.1 Å². The van der Waals surface area contributed by atoms with Crippen LogP contribution in [0.4, 0.5) is 9.59 Å². The summed E-state index contributed by atoms with van der Waals surface area (Å²) in [5.41, 5.74) is -0.521. The highest BCUT2D eigenvalue weighted by Crippen LogP contribution is 2.17. The number of nitrogens with one attached hydrogen (secondary N) is 1. The van der Waals surface area contributed by atoms with Gasteiger partial charge in [-0.05, 0) is 33.6 Å². The van der Waals surface area contributed by atoms with E-state index in [4.69, 9.17) is 14.6 Å². The second-order valence-electron chi connectivity index (χ2n) is 6.14. The minimum absolute atomic E-state index is 0.195. The van der Waals surface area contributed by atoms with Gasteiger partial charge >= 0.3 is 18.2 Å². The van der Waals surface area contributed by atoms with E-state index in [9.17, 15) is 14.4 Å². The van der Waals surface area contributed by atoms with Gasteiger partial charge in [0.05, 0.1) is 0 Å². The van der Waals surface area contributed by atoms with Crippen LogP contribution < -0.4 is 5.32 Å². The summed E-state index contributed by atoms with van der Waals surface area (Å²) in [5.74, 6) is -0.491. The topological polar surface area (TPSA) is 105 Å². The smallest absolute Gasteiger partial charge is 0.410 e. The summed E-state index contributed by atoms with van der Waals surface area (Å²) < 4.78 is 9.82. The van der Waals surface area contributed by atoms with Crippen molar-refractivity contribution in [1.29, 1.82) is 0 Å². The molecular weight excluding hydrogens is 292 g/mol. The average Bonchev–Trinajstić information content (AvgIpc) is 2.73. The number of carbonyl (C=O) groups is 3. The van der Waals surface area contributed by atoms with E-state index in [1.165, 1.54) is 0 Å². The summed E-state index contributed by atoms with van der Waals surface area (Å²) in [5, 5.41) is 11.6. The minimum atomic E-state index is -1.15. The average molecular weight is 316 g/mol. The molecule has 0 spiro atoms. The van der Waals surface area contributed by atoms with Crippen LogP contribution in [0.15, 0.2) is 0 Å². The molecule has 1 atom stereocenters. The molecule has 0 aromatic rings. The van der Waals surface area contributed by atoms with Crippen molar-refractivity contribution in [3.8, 4) is 0 Å². The molecule has 0 aromatic heterocycles. The number of ether oxygens (including phenoxy) is 2. The zero-order valence-electron chi connectivity index (χ0n) is 13.3. The van der Waals surface area contributed by atoms with E-state index in [1.807, 2.05) is 0 Å². The Balaban J connectivity index is 2.14. The SMILES string of the molecule is CC(C)(C)OC(=O)NCCCCCC1C(=O)OCN1C(=O)O. The minimum Gasteiger partial charge on any atom is -0.465 e. The maximum absolute atomic E-state index is 11.4. The number of esters is 1. The number of alkyl carbamates (subject to hydrolysis) is 1. The lowest BCUT2D eigenvalue weighted by atomic mass is 10.1. The van der Waals surface area contributed by atoms with Crippen LogP contribution in [-0.2, 0) is 14.3 Å². The first-order valence-electron chi connectivity index (χ1n) is 7.34. The normalized spacial score (nSPS) is 18.0. The Kier molecular flexibility index (Phi) is 6.45. The molecule has 1 fully saturated rings. The molecule has 2 N–H and O–H groups in total. The van der Waals surface area contributed by atoms with Crippen molar-refractivity contribution < 1.29 is 29.0 Å². The molecule has 1 rings (SSSR count). The fourth-order valence-corrected chi connectivity index (χ4v) is 2.05. The van der Waals surface area contributed by atoms with E-state index >= 15 is 0 Å². The van der Waals surface area contributed by atoms with Crippen LogP contribution in [0.25, 0.3) is 0 Å². The van der Waals surface area contributed by atoms with Gasteiger partial charge in [-0.2, -0.15) is 0 Å². The Morgan fingerprint density at radius 3 is 2.64 bits per heavy atom. The first-order chi connectivity index (χ1) is 10.2. The predicted octanol–water partition coefficient (Wildman–Crippen LogP) is 1.93. The van der Waals surface area contributed by atoms with E-state index in [2.05, 4.69) is 5.32 Å². The first-order valence-corrected chi connectivity index (χ1v) is 7.34. The number of carbonyl (C=O) groups excluding carboxylic acids is 2. The van der Waals surface area contributed by atoms with E-state index in [-0.39, 0.29) is 6.73 Å². The molecule has 22 heavy (non-hydrogen) atoms. The van der Waals surface area contributed by atoms with Crippen LogP contribution in [0.3, 0.4) is 0 Å². The lowest BCUT2D eigenvalue weighted by Gasteiger charge is -2.19. The molecule has 0 aliphatic carbocycles. The number of amides is 2. The van der Waals surface area contributed by atoms with E-state index in [0.29, 0.717) is 19.4 Å². The summed E-state index contributed by atoms with van der Waals surface area (Å²) in [7, 11) is 0. The molecule has 0 aromatic carbocycles. The zero-order valence-corrected chi connectivity index (χ0v) is 13.3. The fraction of sp³-hybridized carbons (Fsp3) is 0.786. The van der Waals surface area contributed by atoms with Gasteiger partial charge in [0.25, 0.3) is 0 Å². The Labute approximate surface area is 129 Å². The largest absolute Gasteiger partial charge is 0.465 e. The third-order valence-corrected chi connectivity index (χ3v) is 3.06. The molecule has 8 heteroatoms. The van der Waals surface area contributed by atoms with Crippen molar-refractivity contribution in [2.45, 2.75) is 58.1 Å².